The lowest BCUT2D eigenvalue weighted by molar-refractivity contribution is -0.121. The van der Waals surface area contributed by atoms with Crippen LogP contribution < -0.4 is 4.90 Å². The molecule has 2 rings (SSSR count). The first kappa shape index (κ1) is 11.2. The van der Waals surface area contributed by atoms with Crippen LogP contribution in [0.1, 0.15) is 44.7 Å². The second-order valence-electron chi connectivity index (χ2n) is 5.39. The van der Waals surface area contributed by atoms with Gasteiger partial charge in [-0.05, 0) is 37.0 Å². The second kappa shape index (κ2) is 3.34. The third-order valence-electron chi connectivity index (χ3n) is 3.52. The highest BCUT2D eigenvalue weighted by atomic mass is 16.2. The molecule has 0 atom stereocenters. The molecule has 1 aliphatic rings. The molecule has 0 aromatic heterocycles. The molecule has 1 amide bonds. The Balaban J connectivity index is 2.73. The first-order valence-corrected chi connectivity index (χ1v) is 5.79. The molecule has 1 aromatic carbocycles. The van der Waals surface area contributed by atoms with Crippen molar-refractivity contribution in [1.29, 1.82) is 0 Å². The van der Waals surface area contributed by atoms with E-state index in [1.54, 1.807) is 4.90 Å². The van der Waals surface area contributed by atoms with Crippen LogP contribution in [-0.4, -0.2) is 13.0 Å². The maximum atomic E-state index is 12.2. The van der Waals surface area contributed by atoms with E-state index in [0.29, 0.717) is 5.92 Å². The quantitative estimate of drug-likeness (QED) is 0.708. The molecule has 0 saturated carbocycles. The standard InChI is InChI=1S/C14H19NO/c1-9(2)10-7-6-8-11-12(10)14(3,4)13(16)15(11)5/h6-9H,1-5H3. The smallest absolute Gasteiger partial charge is 0.236 e. The SMILES string of the molecule is CC(C)c1cccc2c1C(C)(C)C(=O)N2C. The minimum atomic E-state index is -0.384. The zero-order valence-electron chi connectivity index (χ0n) is 10.7. The van der Waals surface area contributed by atoms with Crippen LogP contribution in [0.2, 0.25) is 0 Å². The third-order valence-corrected chi connectivity index (χ3v) is 3.52. The van der Waals surface area contributed by atoms with Crippen LogP contribution in [0.3, 0.4) is 0 Å². The molecule has 1 heterocycles. The molecule has 0 saturated heterocycles. The van der Waals surface area contributed by atoms with Gasteiger partial charge in [-0.1, -0.05) is 26.0 Å². The van der Waals surface area contributed by atoms with Gasteiger partial charge < -0.3 is 4.90 Å². The van der Waals surface area contributed by atoms with Gasteiger partial charge in [0.25, 0.3) is 0 Å². The lowest BCUT2D eigenvalue weighted by atomic mass is 9.80. The molecule has 1 aromatic rings. The number of benzene rings is 1. The van der Waals surface area contributed by atoms with Gasteiger partial charge in [-0.2, -0.15) is 0 Å². The van der Waals surface area contributed by atoms with E-state index in [2.05, 4.69) is 19.9 Å². The maximum Gasteiger partial charge on any atom is 0.236 e. The molecule has 16 heavy (non-hydrogen) atoms. The van der Waals surface area contributed by atoms with Gasteiger partial charge in [0.15, 0.2) is 0 Å². The molecule has 0 spiro atoms. The van der Waals surface area contributed by atoms with Crippen LogP contribution in [0, 0.1) is 0 Å². The number of hydrogen-bond donors (Lipinski definition) is 0. The zero-order chi connectivity index (χ0) is 12.1. The summed E-state index contributed by atoms with van der Waals surface area (Å²) in [4.78, 5) is 14.0. The van der Waals surface area contributed by atoms with Crippen molar-refractivity contribution < 1.29 is 4.79 Å². The summed E-state index contributed by atoms with van der Waals surface area (Å²) in [5.41, 5.74) is 3.18. The fourth-order valence-corrected chi connectivity index (χ4v) is 2.63. The highest BCUT2D eigenvalue weighted by Gasteiger charge is 2.43. The average Bonchev–Trinajstić information content (AvgIpc) is 2.41. The summed E-state index contributed by atoms with van der Waals surface area (Å²) < 4.78 is 0. The van der Waals surface area contributed by atoms with E-state index in [0.717, 1.165) is 5.69 Å². The normalized spacial score (nSPS) is 18.1. The van der Waals surface area contributed by atoms with Crippen LogP contribution >= 0.6 is 0 Å². The van der Waals surface area contributed by atoms with E-state index in [4.69, 9.17) is 0 Å². The number of rotatable bonds is 1. The first-order valence-electron chi connectivity index (χ1n) is 5.79. The number of amides is 1. The summed E-state index contributed by atoms with van der Waals surface area (Å²) in [6.07, 6.45) is 0. The van der Waals surface area contributed by atoms with Crippen LogP contribution in [0.15, 0.2) is 18.2 Å². The minimum absolute atomic E-state index is 0.190. The van der Waals surface area contributed by atoms with Crippen molar-refractivity contribution in [3.63, 3.8) is 0 Å². The molecule has 0 unspecified atom stereocenters. The Morgan fingerprint density at radius 3 is 2.44 bits per heavy atom. The Hall–Kier alpha value is -1.31. The molecular weight excluding hydrogens is 198 g/mol. The van der Waals surface area contributed by atoms with Crippen LogP contribution in [0.5, 0.6) is 0 Å². The average molecular weight is 217 g/mol. The maximum absolute atomic E-state index is 12.2. The topological polar surface area (TPSA) is 20.3 Å². The van der Waals surface area contributed by atoms with Gasteiger partial charge in [-0.3, -0.25) is 4.79 Å². The Kier molecular flexibility index (Phi) is 2.33. The fraction of sp³-hybridized carbons (Fsp3) is 0.500. The number of carbonyl (C=O) groups is 1. The summed E-state index contributed by atoms with van der Waals surface area (Å²) in [7, 11) is 1.86. The van der Waals surface area contributed by atoms with Crippen LogP contribution in [-0.2, 0) is 10.2 Å². The van der Waals surface area contributed by atoms with Gasteiger partial charge in [0.1, 0.15) is 0 Å². The van der Waals surface area contributed by atoms with Crippen LogP contribution in [0.25, 0.3) is 0 Å². The number of anilines is 1. The molecule has 0 aliphatic carbocycles. The highest BCUT2D eigenvalue weighted by molar-refractivity contribution is 6.07. The van der Waals surface area contributed by atoms with Crippen molar-refractivity contribution >= 4 is 11.6 Å². The zero-order valence-corrected chi connectivity index (χ0v) is 10.7. The second-order valence-corrected chi connectivity index (χ2v) is 5.39. The molecule has 86 valence electrons. The largest absolute Gasteiger partial charge is 0.314 e. The number of hydrogen-bond acceptors (Lipinski definition) is 1. The summed E-state index contributed by atoms with van der Waals surface area (Å²) in [5, 5.41) is 0. The molecule has 2 nitrogen and oxygen atoms in total. The summed E-state index contributed by atoms with van der Waals surface area (Å²) in [6, 6.07) is 6.21. The van der Waals surface area contributed by atoms with Gasteiger partial charge in [0.05, 0.1) is 5.41 Å². The Labute approximate surface area is 97.3 Å². The van der Waals surface area contributed by atoms with Crippen molar-refractivity contribution in [2.45, 2.75) is 39.0 Å². The van der Waals surface area contributed by atoms with E-state index in [1.807, 2.05) is 33.0 Å². The molecule has 0 fully saturated rings. The van der Waals surface area contributed by atoms with Gasteiger partial charge >= 0.3 is 0 Å². The molecule has 0 bridgehead atoms. The van der Waals surface area contributed by atoms with Crippen molar-refractivity contribution in [2.75, 3.05) is 11.9 Å². The summed E-state index contributed by atoms with van der Waals surface area (Å²) in [6.45, 7) is 8.38. The molecule has 2 heteroatoms. The Morgan fingerprint density at radius 2 is 1.88 bits per heavy atom. The van der Waals surface area contributed by atoms with E-state index < -0.39 is 0 Å². The summed E-state index contributed by atoms with van der Waals surface area (Å²) in [5.74, 6) is 0.643. The predicted molar refractivity (Wildman–Crippen MR) is 67.0 cm³/mol. The van der Waals surface area contributed by atoms with Crippen molar-refractivity contribution in [3.05, 3.63) is 29.3 Å². The van der Waals surface area contributed by atoms with Crippen molar-refractivity contribution in [2.24, 2.45) is 0 Å². The van der Waals surface area contributed by atoms with Gasteiger partial charge in [0.2, 0.25) is 5.91 Å². The Bertz CT molecular complexity index is 446. The molecular formula is C14H19NO. The van der Waals surface area contributed by atoms with E-state index in [-0.39, 0.29) is 11.3 Å². The lowest BCUT2D eigenvalue weighted by Gasteiger charge is -2.20. The van der Waals surface area contributed by atoms with Crippen LogP contribution in [0.4, 0.5) is 5.69 Å². The van der Waals surface area contributed by atoms with E-state index >= 15 is 0 Å². The number of fused-ring (bicyclic) bond motifs is 1. The monoisotopic (exact) mass is 217 g/mol. The fourth-order valence-electron chi connectivity index (χ4n) is 2.63. The minimum Gasteiger partial charge on any atom is -0.314 e. The Morgan fingerprint density at radius 1 is 1.25 bits per heavy atom. The number of likely N-dealkylation sites (N-methyl/N-ethyl adjacent to an activating group) is 1. The lowest BCUT2D eigenvalue weighted by Crippen LogP contribution is -2.33. The highest BCUT2D eigenvalue weighted by Crippen LogP contribution is 2.44. The first-order chi connectivity index (χ1) is 7.37. The van der Waals surface area contributed by atoms with Gasteiger partial charge in [0, 0.05) is 12.7 Å². The predicted octanol–water partition coefficient (Wildman–Crippen LogP) is 3.06. The van der Waals surface area contributed by atoms with Gasteiger partial charge in [-0.15, -0.1) is 0 Å². The molecule has 1 aliphatic heterocycles. The number of carbonyl (C=O) groups excluding carboxylic acids is 1. The third kappa shape index (κ3) is 1.29. The van der Waals surface area contributed by atoms with Gasteiger partial charge in [-0.25, -0.2) is 0 Å². The van der Waals surface area contributed by atoms with E-state index in [9.17, 15) is 4.79 Å². The van der Waals surface area contributed by atoms with Crippen molar-refractivity contribution in [3.8, 4) is 0 Å². The number of nitrogens with zero attached hydrogens (tertiary/aromatic N) is 1. The van der Waals surface area contributed by atoms with Crippen molar-refractivity contribution in [1.82, 2.24) is 0 Å². The summed E-state index contributed by atoms with van der Waals surface area (Å²) >= 11 is 0. The van der Waals surface area contributed by atoms with E-state index in [1.165, 1.54) is 11.1 Å². The molecule has 0 radical (unpaired) electrons. The molecule has 0 N–H and O–H groups in total.